The second-order valence-corrected chi connectivity index (χ2v) is 1.72. The molecule has 0 amide bonds. The molecule has 0 rings (SSSR count). The van der Waals surface area contributed by atoms with Gasteiger partial charge in [-0.05, 0) is 13.0 Å². The molecule has 0 aromatic heterocycles. The van der Waals surface area contributed by atoms with E-state index in [-0.39, 0.29) is 0 Å². The van der Waals surface area contributed by atoms with E-state index in [0.29, 0.717) is 5.70 Å². The summed E-state index contributed by atoms with van der Waals surface area (Å²) in [6.07, 6.45) is 3.32. The molecule has 0 aliphatic heterocycles. The van der Waals surface area contributed by atoms with Gasteiger partial charge >= 0.3 is 0 Å². The van der Waals surface area contributed by atoms with Crippen LogP contribution in [-0.2, 0) is 0 Å². The largest absolute Gasteiger partial charge is 0.399 e. The zero-order valence-electron chi connectivity index (χ0n) is 6.15. The molecule has 1 heteroatoms. The maximum absolute atomic E-state index is 5.39. The molecule has 0 aliphatic rings. The Morgan fingerprint density at radius 1 is 1.60 bits per heavy atom. The molecule has 0 unspecified atom stereocenters. The van der Waals surface area contributed by atoms with Gasteiger partial charge in [-0.2, -0.15) is 0 Å². The van der Waals surface area contributed by atoms with E-state index in [1.165, 1.54) is 0 Å². The lowest BCUT2D eigenvalue weighted by Gasteiger charge is -1.94. The van der Waals surface area contributed by atoms with E-state index in [4.69, 9.17) is 5.73 Å². The lowest BCUT2D eigenvalue weighted by Crippen LogP contribution is -1.95. The molecule has 0 bridgehead atoms. The van der Waals surface area contributed by atoms with Crippen LogP contribution >= 0.6 is 0 Å². The van der Waals surface area contributed by atoms with Gasteiger partial charge < -0.3 is 5.73 Å². The van der Waals surface area contributed by atoms with Crippen LogP contribution in [-0.4, -0.2) is 0 Å². The average molecular weight is 133 g/mol. The summed E-state index contributed by atoms with van der Waals surface area (Å²) in [6.45, 7) is 8.87. The van der Waals surface area contributed by atoms with Gasteiger partial charge in [0, 0.05) is 11.3 Å². The normalized spacial score (nSPS) is 9.50. The summed E-state index contributed by atoms with van der Waals surface area (Å²) in [5, 5.41) is 0. The molecule has 0 radical (unpaired) electrons. The molecule has 0 spiro atoms. The van der Waals surface area contributed by atoms with Gasteiger partial charge in [-0.25, -0.2) is 0 Å². The molecule has 0 aromatic carbocycles. The predicted octanol–water partition coefficient (Wildman–Crippen LogP) is 1.59. The third-order valence-corrected chi connectivity index (χ3v) is 0.963. The minimum atomic E-state index is 0.498. The highest BCUT2D eigenvalue weighted by atomic mass is 14.6. The summed E-state index contributed by atoms with van der Waals surface area (Å²) < 4.78 is 0. The quantitative estimate of drug-likeness (QED) is 0.449. The minimum Gasteiger partial charge on any atom is -0.399 e. The molecule has 0 heterocycles. The van der Waals surface area contributed by atoms with Gasteiger partial charge in [0.2, 0.25) is 0 Å². The van der Waals surface area contributed by atoms with Crippen molar-refractivity contribution >= 4 is 0 Å². The third kappa shape index (κ3) is 2.78. The van der Waals surface area contributed by atoms with Gasteiger partial charge in [0.1, 0.15) is 0 Å². The number of nitrogens with two attached hydrogens (primary N) is 1. The molecular formula is C9H11N. The maximum Gasteiger partial charge on any atom is 0.0320 e. The SMILES string of the molecule is C=C/C(=C\C#CC)C(=C)N. The summed E-state index contributed by atoms with van der Waals surface area (Å²) in [4.78, 5) is 0. The zero-order valence-corrected chi connectivity index (χ0v) is 6.15. The fourth-order valence-electron chi connectivity index (χ4n) is 0.433. The van der Waals surface area contributed by atoms with Crippen molar-refractivity contribution in [2.45, 2.75) is 6.92 Å². The summed E-state index contributed by atoms with van der Waals surface area (Å²) in [6, 6.07) is 0. The van der Waals surface area contributed by atoms with Gasteiger partial charge in [-0.15, -0.1) is 5.92 Å². The summed E-state index contributed by atoms with van der Waals surface area (Å²) in [5.41, 5.74) is 6.67. The van der Waals surface area contributed by atoms with Crippen LogP contribution < -0.4 is 5.73 Å². The lowest BCUT2D eigenvalue weighted by atomic mass is 10.2. The Balaban J connectivity index is 4.44. The first-order valence-electron chi connectivity index (χ1n) is 2.92. The molecule has 0 saturated carbocycles. The van der Waals surface area contributed by atoms with Gasteiger partial charge in [-0.3, -0.25) is 0 Å². The van der Waals surface area contributed by atoms with Crippen molar-refractivity contribution in [1.82, 2.24) is 0 Å². The van der Waals surface area contributed by atoms with Gasteiger partial charge in [0.15, 0.2) is 0 Å². The molecule has 2 N–H and O–H groups in total. The fourth-order valence-corrected chi connectivity index (χ4v) is 0.433. The molecule has 0 aromatic rings. The highest BCUT2D eigenvalue weighted by Crippen LogP contribution is 2.00. The highest BCUT2D eigenvalue weighted by Gasteiger charge is 1.87. The van der Waals surface area contributed by atoms with Crippen molar-refractivity contribution in [3.63, 3.8) is 0 Å². The lowest BCUT2D eigenvalue weighted by molar-refractivity contribution is 1.38. The smallest absolute Gasteiger partial charge is 0.0320 e. The van der Waals surface area contributed by atoms with E-state index in [1.807, 2.05) is 0 Å². The number of hydrogen-bond donors (Lipinski definition) is 1. The van der Waals surface area contributed by atoms with Crippen molar-refractivity contribution in [3.05, 3.63) is 36.6 Å². The first kappa shape index (κ1) is 8.58. The van der Waals surface area contributed by atoms with Crippen molar-refractivity contribution in [1.29, 1.82) is 0 Å². The van der Waals surface area contributed by atoms with Crippen LogP contribution in [0.15, 0.2) is 36.6 Å². The number of hydrogen-bond acceptors (Lipinski definition) is 1. The van der Waals surface area contributed by atoms with Crippen LogP contribution in [0.5, 0.6) is 0 Å². The second kappa shape index (κ2) is 4.46. The topological polar surface area (TPSA) is 26.0 Å². The molecule has 0 saturated heterocycles. The Hall–Kier alpha value is -1.42. The first-order chi connectivity index (χ1) is 4.72. The fraction of sp³-hybridized carbons (Fsp3) is 0.111. The van der Waals surface area contributed by atoms with Crippen LogP contribution in [0.25, 0.3) is 0 Å². The minimum absolute atomic E-state index is 0.498. The van der Waals surface area contributed by atoms with Crippen LogP contribution in [0.2, 0.25) is 0 Å². The van der Waals surface area contributed by atoms with Crippen molar-refractivity contribution in [2.75, 3.05) is 0 Å². The zero-order chi connectivity index (χ0) is 7.98. The van der Waals surface area contributed by atoms with Crippen LogP contribution in [0.4, 0.5) is 0 Å². The van der Waals surface area contributed by atoms with Crippen LogP contribution in [0.3, 0.4) is 0 Å². The standard InChI is InChI=1S/C9H11N/c1-4-6-7-9(5-2)8(3)10/h5,7H,2-3,10H2,1H3/b9-7+. The average Bonchev–Trinajstić information content (AvgIpc) is 1.89. The molecule has 0 aliphatic carbocycles. The van der Waals surface area contributed by atoms with Gasteiger partial charge in [0.25, 0.3) is 0 Å². The van der Waals surface area contributed by atoms with E-state index in [0.717, 1.165) is 5.57 Å². The Morgan fingerprint density at radius 2 is 2.20 bits per heavy atom. The van der Waals surface area contributed by atoms with Crippen LogP contribution in [0.1, 0.15) is 6.92 Å². The van der Waals surface area contributed by atoms with E-state index >= 15 is 0 Å². The first-order valence-corrected chi connectivity index (χ1v) is 2.92. The summed E-state index contributed by atoms with van der Waals surface area (Å²) >= 11 is 0. The Morgan fingerprint density at radius 3 is 2.50 bits per heavy atom. The molecule has 1 nitrogen and oxygen atoms in total. The Labute approximate surface area is 61.9 Å². The predicted molar refractivity (Wildman–Crippen MR) is 45.1 cm³/mol. The third-order valence-electron chi connectivity index (χ3n) is 0.963. The molecular weight excluding hydrogens is 122 g/mol. The van der Waals surface area contributed by atoms with Gasteiger partial charge in [0.05, 0.1) is 0 Å². The van der Waals surface area contributed by atoms with E-state index in [1.54, 1.807) is 19.1 Å². The van der Waals surface area contributed by atoms with E-state index < -0.39 is 0 Å². The maximum atomic E-state index is 5.39. The van der Waals surface area contributed by atoms with Crippen molar-refractivity contribution in [3.8, 4) is 11.8 Å². The molecule has 10 heavy (non-hydrogen) atoms. The van der Waals surface area contributed by atoms with Crippen molar-refractivity contribution in [2.24, 2.45) is 5.73 Å². The molecule has 52 valence electrons. The second-order valence-electron chi connectivity index (χ2n) is 1.72. The Bertz CT molecular complexity index is 223. The van der Waals surface area contributed by atoms with Crippen molar-refractivity contribution < 1.29 is 0 Å². The molecule has 0 fully saturated rings. The summed E-state index contributed by atoms with van der Waals surface area (Å²) in [5.74, 6) is 5.47. The summed E-state index contributed by atoms with van der Waals surface area (Å²) in [7, 11) is 0. The van der Waals surface area contributed by atoms with Crippen LogP contribution in [0, 0.1) is 11.8 Å². The molecule has 0 atom stereocenters. The van der Waals surface area contributed by atoms with E-state index in [2.05, 4.69) is 25.0 Å². The highest BCUT2D eigenvalue weighted by molar-refractivity contribution is 5.39. The number of rotatable bonds is 2. The monoisotopic (exact) mass is 133 g/mol. The Kier molecular flexibility index (Phi) is 3.83. The van der Waals surface area contributed by atoms with Gasteiger partial charge in [-0.1, -0.05) is 25.2 Å². The van der Waals surface area contributed by atoms with E-state index in [9.17, 15) is 0 Å². The number of allylic oxidation sites excluding steroid dienone is 2.